The molecule has 2 amide bonds. The molecule has 2 N–H and O–H groups in total. The lowest BCUT2D eigenvalue weighted by Gasteiger charge is -2.11. The van der Waals surface area contributed by atoms with Crippen LogP contribution < -0.4 is 10.6 Å². The Labute approximate surface area is 192 Å². The van der Waals surface area contributed by atoms with Crippen molar-refractivity contribution >= 4 is 28.7 Å². The number of amides is 2. The molecule has 0 spiro atoms. The van der Waals surface area contributed by atoms with E-state index < -0.39 is 0 Å². The predicted molar refractivity (Wildman–Crippen MR) is 131 cm³/mol. The molecule has 0 aliphatic carbocycles. The Hall–Kier alpha value is -4.00. The van der Waals surface area contributed by atoms with Crippen LogP contribution in [0.4, 0.5) is 10.5 Å². The number of nitrogens with one attached hydrogen (secondary N) is 2. The van der Waals surface area contributed by atoms with Crippen LogP contribution in [-0.4, -0.2) is 32.9 Å². The second kappa shape index (κ2) is 9.24. The first kappa shape index (κ1) is 22.2. The van der Waals surface area contributed by atoms with Crippen LogP contribution in [0.2, 0.25) is 0 Å². The number of urea groups is 1. The zero-order valence-electron chi connectivity index (χ0n) is 19.3. The lowest BCUT2D eigenvalue weighted by Crippen LogP contribution is -2.28. The summed E-state index contributed by atoms with van der Waals surface area (Å²) in [4.78, 5) is 33.0. The molecule has 7 nitrogen and oxygen atoms in total. The van der Waals surface area contributed by atoms with Crippen molar-refractivity contribution < 1.29 is 9.59 Å². The van der Waals surface area contributed by atoms with E-state index in [2.05, 4.69) is 44.5 Å². The van der Waals surface area contributed by atoms with Gasteiger partial charge in [-0.2, -0.15) is 0 Å². The Bertz CT molecular complexity index is 1340. The van der Waals surface area contributed by atoms with Gasteiger partial charge >= 0.3 is 6.03 Å². The fraction of sp³-hybridized carbons (Fsp3) is 0.231. The molecular weight excluding hydrogens is 414 g/mol. The summed E-state index contributed by atoms with van der Waals surface area (Å²) in [7, 11) is 0. The molecule has 0 saturated heterocycles. The topological polar surface area (TPSA) is 88.9 Å². The number of fused-ring (bicyclic) bond motifs is 1. The van der Waals surface area contributed by atoms with Crippen molar-refractivity contribution in [3.05, 3.63) is 77.2 Å². The number of benzene rings is 2. The molecule has 0 fully saturated rings. The molecule has 0 unspecified atom stereocenters. The van der Waals surface area contributed by atoms with E-state index >= 15 is 0 Å². The number of rotatable bonds is 6. The van der Waals surface area contributed by atoms with E-state index in [0.29, 0.717) is 24.3 Å². The molecule has 7 heteroatoms. The summed E-state index contributed by atoms with van der Waals surface area (Å²) < 4.78 is 2.07. The van der Waals surface area contributed by atoms with E-state index in [9.17, 15) is 9.59 Å². The minimum atomic E-state index is -0.258. The van der Waals surface area contributed by atoms with Crippen LogP contribution in [0.15, 0.2) is 54.6 Å². The van der Waals surface area contributed by atoms with Gasteiger partial charge in [0.1, 0.15) is 11.3 Å². The first-order valence-electron chi connectivity index (χ1n) is 11.0. The number of hydrogen-bond acceptors (Lipinski definition) is 4. The highest BCUT2D eigenvalue weighted by Crippen LogP contribution is 2.24. The monoisotopic (exact) mass is 441 g/mol. The largest absolute Gasteiger partial charge is 0.338 e. The summed E-state index contributed by atoms with van der Waals surface area (Å²) in [5, 5.41) is 5.55. The number of imidazole rings is 1. The molecule has 0 bridgehead atoms. The van der Waals surface area contributed by atoms with Crippen molar-refractivity contribution in [3.8, 4) is 11.1 Å². The Morgan fingerprint density at radius 3 is 2.42 bits per heavy atom. The maximum absolute atomic E-state index is 11.9. The summed E-state index contributed by atoms with van der Waals surface area (Å²) >= 11 is 0. The number of ketones is 1. The molecule has 4 rings (SSSR count). The van der Waals surface area contributed by atoms with E-state index in [1.165, 1.54) is 0 Å². The number of aryl methyl sites for hydroxylation is 2. The molecule has 0 aliphatic heterocycles. The van der Waals surface area contributed by atoms with Crippen molar-refractivity contribution in [3.63, 3.8) is 0 Å². The summed E-state index contributed by atoms with van der Waals surface area (Å²) in [6.45, 7) is 8.46. The van der Waals surface area contributed by atoms with Crippen LogP contribution in [0.5, 0.6) is 0 Å². The lowest BCUT2D eigenvalue weighted by atomic mass is 10.0. The maximum atomic E-state index is 11.9. The number of carbonyl (C=O) groups is 2. The second-order valence-electron chi connectivity index (χ2n) is 8.03. The van der Waals surface area contributed by atoms with E-state index in [1.807, 2.05) is 51.1 Å². The number of anilines is 1. The van der Waals surface area contributed by atoms with Gasteiger partial charge in [0.2, 0.25) is 0 Å². The Morgan fingerprint density at radius 2 is 1.73 bits per heavy atom. The second-order valence-corrected chi connectivity index (χ2v) is 8.03. The van der Waals surface area contributed by atoms with Crippen LogP contribution in [0, 0.1) is 13.8 Å². The minimum absolute atomic E-state index is 0.0584. The van der Waals surface area contributed by atoms with Crippen LogP contribution in [0.3, 0.4) is 0 Å². The van der Waals surface area contributed by atoms with E-state index in [4.69, 9.17) is 4.98 Å². The molecule has 2 heterocycles. The number of pyridine rings is 1. The predicted octanol–water partition coefficient (Wildman–Crippen LogP) is 5.11. The lowest BCUT2D eigenvalue weighted by molar-refractivity contribution is 0.101. The number of Topliss-reactive ketones (excluding diaryl/α,β-unsaturated/α-hetero) is 1. The molecule has 2 aromatic heterocycles. The molecule has 0 radical (unpaired) electrons. The van der Waals surface area contributed by atoms with Gasteiger partial charge in [-0.1, -0.05) is 42.5 Å². The highest BCUT2D eigenvalue weighted by molar-refractivity contribution is 5.95. The van der Waals surface area contributed by atoms with Gasteiger partial charge in [0.05, 0.1) is 17.9 Å². The van der Waals surface area contributed by atoms with Crippen LogP contribution in [0.1, 0.15) is 41.3 Å². The van der Waals surface area contributed by atoms with Crippen molar-refractivity contribution in [2.45, 2.75) is 34.2 Å². The summed E-state index contributed by atoms with van der Waals surface area (Å²) in [6, 6.07) is 17.6. The number of nitrogens with zero attached hydrogens (tertiary/aromatic N) is 3. The first-order valence-corrected chi connectivity index (χ1v) is 11.0. The van der Waals surface area contributed by atoms with Gasteiger partial charge in [-0.05, 0) is 56.5 Å². The SMILES string of the molecule is CCNC(=O)Nc1cc2nc(C)n(Cc3ccc(-c4cccc(C(C)=O)c4)cc3)c2nc1C. The highest BCUT2D eigenvalue weighted by Gasteiger charge is 2.14. The highest BCUT2D eigenvalue weighted by atomic mass is 16.2. The molecule has 4 aromatic rings. The van der Waals surface area contributed by atoms with Gasteiger partial charge < -0.3 is 15.2 Å². The van der Waals surface area contributed by atoms with Gasteiger partial charge in [-0.25, -0.2) is 14.8 Å². The molecule has 168 valence electrons. The summed E-state index contributed by atoms with van der Waals surface area (Å²) in [5.41, 5.74) is 6.80. The van der Waals surface area contributed by atoms with Crippen molar-refractivity contribution in [2.24, 2.45) is 0 Å². The zero-order valence-corrected chi connectivity index (χ0v) is 19.3. The van der Waals surface area contributed by atoms with Gasteiger partial charge in [0, 0.05) is 12.1 Å². The smallest absolute Gasteiger partial charge is 0.319 e. The van der Waals surface area contributed by atoms with Crippen molar-refractivity contribution in [1.82, 2.24) is 19.9 Å². The zero-order chi connectivity index (χ0) is 23.5. The van der Waals surface area contributed by atoms with E-state index in [-0.39, 0.29) is 11.8 Å². The Morgan fingerprint density at radius 1 is 0.970 bits per heavy atom. The van der Waals surface area contributed by atoms with E-state index in [0.717, 1.165) is 39.4 Å². The van der Waals surface area contributed by atoms with Crippen molar-refractivity contribution in [1.29, 1.82) is 0 Å². The quantitative estimate of drug-likeness (QED) is 0.407. The average molecular weight is 442 g/mol. The van der Waals surface area contributed by atoms with Crippen molar-refractivity contribution in [2.75, 3.05) is 11.9 Å². The third-order valence-corrected chi connectivity index (χ3v) is 5.58. The van der Waals surface area contributed by atoms with Gasteiger partial charge in [-0.15, -0.1) is 0 Å². The molecule has 0 atom stereocenters. The number of carbonyl (C=O) groups excluding carboxylic acids is 2. The summed E-state index contributed by atoms with van der Waals surface area (Å²) in [5.74, 6) is 0.911. The standard InChI is InChI=1S/C26H27N5O2/c1-5-27-26(33)30-23-14-24-25(28-16(23)2)31(18(4)29-24)15-19-9-11-20(12-10-19)22-8-6-7-21(13-22)17(3)32/h6-14H,5,15H2,1-4H3,(H2,27,30,33). The van der Waals surface area contributed by atoms with Crippen LogP contribution in [0.25, 0.3) is 22.3 Å². The van der Waals surface area contributed by atoms with Gasteiger partial charge in [0.25, 0.3) is 0 Å². The molecule has 2 aromatic carbocycles. The number of hydrogen-bond donors (Lipinski definition) is 2. The van der Waals surface area contributed by atoms with E-state index in [1.54, 1.807) is 6.92 Å². The van der Waals surface area contributed by atoms with Gasteiger partial charge in [-0.3, -0.25) is 4.79 Å². The molecule has 0 aliphatic rings. The molecule has 33 heavy (non-hydrogen) atoms. The Balaban J connectivity index is 1.59. The normalized spacial score (nSPS) is 10.9. The first-order chi connectivity index (χ1) is 15.9. The third kappa shape index (κ3) is 4.77. The van der Waals surface area contributed by atoms with Crippen LogP contribution >= 0.6 is 0 Å². The third-order valence-electron chi connectivity index (χ3n) is 5.58. The van der Waals surface area contributed by atoms with Crippen LogP contribution in [-0.2, 0) is 6.54 Å². The summed E-state index contributed by atoms with van der Waals surface area (Å²) in [6.07, 6.45) is 0. The fourth-order valence-corrected chi connectivity index (χ4v) is 3.80. The van der Waals surface area contributed by atoms with Gasteiger partial charge in [0.15, 0.2) is 11.4 Å². The molecule has 0 saturated carbocycles. The average Bonchev–Trinajstić information content (AvgIpc) is 3.08. The fourth-order valence-electron chi connectivity index (χ4n) is 3.80. The minimum Gasteiger partial charge on any atom is -0.338 e. The molecular formula is C26H27N5O2. The Kier molecular flexibility index (Phi) is 6.22. The number of aromatic nitrogens is 3. The maximum Gasteiger partial charge on any atom is 0.319 e.